The Morgan fingerprint density at radius 3 is 2.59 bits per heavy atom. The monoisotopic (exact) mass is 333 g/mol. The number of anilines is 1. The number of fused-ring (bicyclic) bond motifs is 1. The number of amides is 1. The van der Waals surface area contributed by atoms with Gasteiger partial charge >= 0.3 is 0 Å². The highest BCUT2D eigenvalue weighted by molar-refractivity contribution is 6.42. The van der Waals surface area contributed by atoms with Crippen LogP contribution in [-0.4, -0.2) is 16.8 Å². The van der Waals surface area contributed by atoms with E-state index in [-0.39, 0.29) is 32.8 Å². The Kier molecular flexibility index (Phi) is 3.64. The van der Waals surface area contributed by atoms with Gasteiger partial charge in [0.25, 0.3) is 5.91 Å². The summed E-state index contributed by atoms with van der Waals surface area (Å²) in [5.41, 5.74) is 1.51. The molecular formula is C16H9Cl2NO3. The molecule has 0 radical (unpaired) electrons. The van der Waals surface area contributed by atoms with E-state index in [0.29, 0.717) is 11.3 Å². The zero-order chi connectivity index (χ0) is 15.9. The molecule has 1 aliphatic rings. The number of nitrogens with one attached hydrogen (secondary N) is 1. The number of phenols is 1. The van der Waals surface area contributed by atoms with Crippen molar-refractivity contribution >= 4 is 46.2 Å². The first-order chi connectivity index (χ1) is 10.5. The van der Waals surface area contributed by atoms with Gasteiger partial charge in [0, 0.05) is 17.3 Å². The van der Waals surface area contributed by atoms with Crippen LogP contribution < -0.4 is 5.32 Å². The lowest BCUT2D eigenvalue weighted by Crippen LogP contribution is -2.06. The van der Waals surface area contributed by atoms with Crippen molar-refractivity contribution in [2.45, 2.75) is 0 Å². The summed E-state index contributed by atoms with van der Waals surface area (Å²) in [4.78, 5) is 24.3. The van der Waals surface area contributed by atoms with Crippen molar-refractivity contribution in [3.63, 3.8) is 0 Å². The fraction of sp³-hybridized carbons (Fsp3) is 0. The third-order valence-electron chi connectivity index (χ3n) is 3.29. The fourth-order valence-electron chi connectivity index (χ4n) is 2.22. The highest BCUT2D eigenvalue weighted by Gasteiger charge is 2.25. The summed E-state index contributed by atoms with van der Waals surface area (Å²) in [7, 11) is 0. The van der Waals surface area contributed by atoms with Gasteiger partial charge in [0.2, 0.25) is 0 Å². The van der Waals surface area contributed by atoms with Crippen LogP contribution in [0, 0.1) is 0 Å². The average molecular weight is 334 g/mol. The number of halogens is 2. The number of rotatable bonds is 2. The van der Waals surface area contributed by atoms with E-state index in [1.54, 1.807) is 24.3 Å². The molecular weight excluding hydrogens is 325 g/mol. The Hall–Kier alpha value is -2.30. The molecule has 0 atom stereocenters. The molecule has 3 rings (SSSR count). The Labute approximate surface area is 136 Å². The van der Waals surface area contributed by atoms with Gasteiger partial charge in [-0.15, -0.1) is 0 Å². The number of hydrogen-bond acceptors (Lipinski definition) is 3. The molecule has 4 nitrogen and oxygen atoms in total. The number of aromatic hydroxyl groups is 1. The molecule has 110 valence electrons. The van der Waals surface area contributed by atoms with Gasteiger partial charge in [-0.2, -0.15) is 0 Å². The molecule has 2 aromatic rings. The zero-order valence-electron chi connectivity index (χ0n) is 11.1. The molecule has 6 heteroatoms. The molecule has 0 aliphatic carbocycles. The Morgan fingerprint density at radius 2 is 1.82 bits per heavy atom. The molecule has 0 spiro atoms. The first-order valence-corrected chi connectivity index (χ1v) is 7.08. The molecule has 1 aliphatic heterocycles. The zero-order valence-corrected chi connectivity index (χ0v) is 12.6. The Bertz CT molecular complexity index is 843. The molecule has 0 unspecified atom stereocenters. The number of hydrogen-bond donors (Lipinski definition) is 2. The molecule has 0 bridgehead atoms. The second kappa shape index (κ2) is 5.48. The minimum atomic E-state index is -0.530. The van der Waals surface area contributed by atoms with Crippen molar-refractivity contribution in [2.24, 2.45) is 0 Å². The lowest BCUT2D eigenvalue weighted by Gasteiger charge is -2.04. The Morgan fingerprint density at radius 1 is 1.14 bits per heavy atom. The maximum absolute atomic E-state index is 12.3. The molecule has 0 fully saturated rings. The largest absolute Gasteiger partial charge is 0.507 e. The summed E-state index contributed by atoms with van der Waals surface area (Å²) in [5.74, 6) is -1.19. The summed E-state index contributed by atoms with van der Waals surface area (Å²) >= 11 is 11.6. The summed E-state index contributed by atoms with van der Waals surface area (Å²) < 4.78 is 0. The topological polar surface area (TPSA) is 66.4 Å². The molecule has 1 amide bonds. The van der Waals surface area contributed by atoms with E-state index < -0.39 is 5.78 Å². The average Bonchev–Trinajstić information content (AvgIpc) is 2.79. The molecule has 0 saturated heterocycles. The van der Waals surface area contributed by atoms with Gasteiger partial charge in [0.05, 0.1) is 21.2 Å². The van der Waals surface area contributed by atoms with Crippen molar-refractivity contribution in [3.05, 3.63) is 63.6 Å². The van der Waals surface area contributed by atoms with Crippen LogP contribution in [-0.2, 0) is 4.79 Å². The van der Waals surface area contributed by atoms with E-state index in [1.807, 2.05) is 0 Å². The fourth-order valence-corrected chi connectivity index (χ4v) is 2.55. The summed E-state index contributed by atoms with van der Waals surface area (Å²) in [6.07, 6.45) is 1.18. The molecule has 22 heavy (non-hydrogen) atoms. The predicted molar refractivity (Wildman–Crippen MR) is 85.5 cm³/mol. The predicted octanol–water partition coefficient (Wildman–Crippen LogP) is 3.92. The second-order valence-corrected chi connectivity index (χ2v) is 5.52. The lowest BCUT2D eigenvalue weighted by molar-refractivity contribution is -0.110. The van der Waals surface area contributed by atoms with E-state index in [2.05, 4.69) is 5.32 Å². The maximum atomic E-state index is 12.3. The van der Waals surface area contributed by atoms with Gasteiger partial charge in [-0.25, -0.2) is 0 Å². The van der Waals surface area contributed by atoms with Gasteiger partial charge in [-0.3, -0.25) is 9.59 Å². The van der Waals surface area contributed by atoms with Crippen molar-refractivity contribution < 1.29 is 14.7 Å². The van der Waals surface area contributed by atoms with Gasteiger partial charge in [0.15, 0.2) is 5.78 Å². The minimum Gasteiger partial charge on any atom is -0.507 e. The van der Waals surface area contributed by atoms with E-state index >= 15 is 0 Å². The molecule has 2 N–H and O–H groups in total. The number of allylic oxidation sites excluding steroid dienone is 1. The van der Waals surface area contributed by atoms with Crippen LogP contribution in [0.15, 0.2) is 42.5 Å². The third-order valence-corrected chi connectivity index (χ3v) is 4.01. The van der Waals surface area contributed by atoms with Crippen LogP contribution in [0.2, 0.25) is 10.0 Å². The van der Waals surface area contributed by atoms with Gasteiger partial charge < -0.3 is 10.4 Å². The van der Waals surface area contributed by atoms with Gasteiger partial charge in [0.1, 0.15) is 5.75 Å². The van der Waals surface area contributed by atoms with Crippen LogP contribution in [0.1, 0.15) is 15.9 Å². The highest BCUT2D eigenvalue weighted by Crippen LogP contribution is 2.33. The third kappa shape index (κ3) is 2.47. The number of benzene rings is 2. The highest BCUT2D eigenvalue weighted by atomic mass is 35.5. The maximum Gasteiger partial charge on any atom is 0.256 e. The molecule has 0 saturated carbocycles. The van der Waals surface area contributed by atoms with Crippen molar-refractivity contribution in [3.8, 4) is 5.75 Å². The summed E-state index contributed by atoms with van der Waals surface area (Å²) in [6.45, 7) is 0. The quantitative estimate of drug-likeness (QED) is 0.646. The molecule has 2 aromatic carbocycles. The first kappa shape index (κ1) is 14.6. The standard InChI is InChI=1S/C16H9Cl2NO3/c17-11-5-10(15(21)7-12(11)18)14(20)6-9-8-3-1-2-4-13(8)19-16(9)22/h1-7,21H,(H,19,22)/b9-6+. The van der Waals surface area contributed by atoms with Crippen LogP contribution in [0.3, 0.4) is 0 Å². The van der Waals surface area contributed by atoms with E-state index in [1.165, 1.54) is 18.2 Å². The van der Waals surface area contributed by atoms with Gasteiger partial charge in [-0.05, 0) is 18.2 Å². The summed E-state index contributed by atoms with van der Waals surface area (Å²) in [6, 6.07) is 9.51. The smallest absolute Gasteiger partial charge is 0.256 e. The minimum absolute atomic E-state index is 0.0147. The van der Waals surface area contributed by atoms with E-state index in [0.717, 1.165) is 0 Å². The number of phenolic OH excluding ortho intramolecular Hbond substituents is 1. The van der Waals surface area contributed by atoms with Crippen molar-refractivity contribution in [1.82, 2.24) is 0 Å². The number of ketones is 1. The van der Waals surface area contributed by atoms with Crippen LogP contribution in [0.4, 0.5) is 5.69 Å². The second-order valence-electron chi connectivity index (χ2n) is 4.71. The number of carbonyl (C=O) groups excluding carboxylic acids is 2. The van der Waals surface area contributed by atoms with Gasteiger partial charge in [-0.1, -0.05) is 41.4 Å². The Balaban J connectivity index is 2.04. The van der Waals surface area contributed by atoms with E-state index in [4.69, 9.17) is 23.2 Å². The first-order valence-electron chi connectivity index (χ1n) is 6.32. The van der Waals surface area contributed by atoms with Crippen LogP contribution in [0.25, 0.3) is 5.57 Å². The molecule has 1 heterocycles. The SMILES string of the molecule is O=C1Nc2ccccc2/C1=C\C(=O)c1cc(Cl)c(Cl)cc1O. The molecule has 0 aromatic heterocycles. The lowest BCUT2D eigenvalue weighted by atomic mass is 10.0. The summed E-state index contributed by atoms with van der Waals surface area (Å²) in [5, 5.41) is 12.8. The van der Waals surface area contributed by atoms with Crippen LogP contribution in [0.5, 0.6) is 5.75 Å². The normalized spacial score (nSPS) is 14.8. The van der Waals surface area contributed by atoms with Crippen molar-refractivity contribution in [2.75, 3.05) is 5.32 Å². The van der Waals surface area contributed by atoms with Crippen LogP contribution >= 0.6 is 23.2 Å². The van der Waals surface area contributed by atoms with Crippen molar-refractivity contribution in [1.29, 1.82) is 0 Å². The number of carbonyl (C=O) groups is 2. The van der Waals surface area contributed by atoms with E-state index in [9.17, 15) is 14.7 Å². The number of para-hydroxylation sites is 1.